The summed E-state index contributed by atoms with van der Waals surface area (Å²) in [7, 11) is 0. The molecule has 6 heteroatoms. The predicted molar refractivity (Wildman–Crippen MR) is 83.1 cm³/mol. The Morgan fingerprint density at radius 3 is 2.95 bits per heavy atom. The van der Waals surface area contributed by atoms with Gasteiger partial charge >= 0.3 is 0 Å². The molecular weight excluding hydrogens is 289 g/mol. The molecule has 2 heterocycles. The number of nitrogen functional groups attached to an aromatic ring is 1. The molecule has 0 saturated carbocycles. The first kappa shape index (κ1) is 13.9. The Morgan fingerprint density at radius 2 is 2.24 bits per heavy atom. The van der Waals surface area contributed by atoms with Crippen LogP contribution in [0, 0.1) is 5.82 Å². The third-order valence-corrected chi connectivity index (χ3v) is 4.97. The fourth-order valence-electron chi connectivity index (χ4n) is 2.85. The van der Waals surface area contributed by atoms with Crippen LogP contribution in [0.4, 0.5) is 15.8 Å². The molecule has 0 spiro atoms. The molecule has 0 radical (unpaired) electrons. The van der Waals surface area contributed by atoms with Crippen molar-refractivity contribution < 1.29 is 9.18 Å². The van der Waals surface area contributed by atoms with E-state index < -0.39 is 11.7 Å². The number of benzene rings is 1. The number of carbonyl (C=O) groups excluding carboxylic acids is 1. The van der Waals surface area contributed by atoms with Gasteiger partial charge in [-0.15, -0.1) is 11.3 Å². The molecule has 21 heavy (non-hydrogen) atoms. The lowest BCUT2D eigenvalue weighted by Crippen LogP contribution is -2.34. The molecule has 4 nitrogen and oxygen atoms in total. The standard InChI is InChI=1S/C15H16FN3OS/c1-8-9-3-5-21-14(9)2-4-19(8)13-6-10(15(18)20)12(17)7-11(13)16/h3,5-8H,2,4,17H2,1H3,(H2,18,20). The summed E-state index contributed by atoms with van der Waals surface area (Å²) >= 11 is 1.73. The summed E-state index contributed by atoms with van der Waals surface area (Å²) in [4.78, 5) is 14.7. The number of halogens is 1. The monoisotopic (exact) mass is 305 g/mol. The van der Waals surface area contributed by atoms with Crippen molar-refractivity contribution in [1.82, 2.24) is 0 Å². The average Bonchev–Trinajstić information content (AvgIpc) is 2.89. The van der Waals surface area contributed by atoms with Crippen molar-refractivity contribution in [3.05, 3.63) is 45.4 Å². The van der Waals surface area contributed by atoms with Crippen molar-refractivity contribution in [3.8, 4) is 0 Å². The van der Waals surface area contributed by atoms with Gasteiger partial charge in [-0.1, -0.05) is 0 Å². The predicted octanol–water partition coefficient (Wildman–Crippen LogP) is 2.69. The van der Waals surface area contributed by atoms with Crippen LogP contribution in [0.1, 0.15) is 33.8 Å². The molecule has 1 aliphatic heterocycles. The quantitative estimate of drug-likeness (QED) is 0.838. The van der Waals surface area contributed by atoms with Gasteiger partial charge < -0.3 is 16.4 Å². The number of anilines is 2. The van der Waals surface area contributed by atoms with Crippen LogP contribution in [-0.2, 0) is 6.42 Å². The molecule has 1 aromatic carbocycles. The highest BCUT2D eigenvalue weighted by molar-refractivity contribution is 7.10. The highest BCUT2D eigenvalue weighted by atomic mass is 32.1. The van der Waals surface area contributed by atoms with E-state index in [0.29, 0.717) is 12.2 Å². The van der Waals surface area contributed by atoms with Crippen LogP contribution in [0.3, 0.4) is 0 Å². The lowest BCUT2D eigenvalue weighted by molar-refractivity contribution is 0.100. The van der Waals surface area contributed by atoms with E-state index in [1.54, 1.807) is 11.3 Å². The van der Waals surface area contributed by atoms with Crippen molar-refractivity contribution in [3.63, 3.8) is 0 Å². The Labute approximate surface area is 126 Å². The largest absolute Gasteiger partial charge is 0.398 e. The van der Waals surface area contributed by atoms with E-state index in [4.69, 9.17) is 11.5 Å². The van der Waals surface area contributed by atoms with Crippen molar-refractivity contribution in [2.24, 2.45) is 5.73 Å². The third-order valence-electron chi connectivity index (χ3n) is 3.97. The number of hydrogen-bond acceptors (Lipinski definition) is 4. The Kier molecular flexibility index (Phi) is 3.33. The van der Waals surface area contributed by atoms with Crippen LogP contribution in [0.15, 0.2) is 23.6 Å². The van der Waals surface area contributed by atoms with E-state index >= 15 is 0 Å². The molecule has 0 saturated heterocycles. The topological polar surface area (TPSA) is 72.3 Å². The van der Waals surface area contributed by atoms with Crippen LogP contribution in [0.2, 0.25) is 0 Å². The number of amides is 1. The van der Waals surface area contributed by atoms with Crippen molar-refractivity contribution >= 4 is 28.6 Å². The Bertz CT molecular complexity index is 713. The molecule has 1 aliphatic rings. The number of nitrogens with two attached hydrogens (primary N) is 2. The normalized spacial score (nSPS) is 17.6. The first-order chi connectivity index (χ1) is 9.99. The summed E-state index contributed by atoms with van der Waals surface area (Å²) in [6, 6.07) is 4.76. The molecular formula is C15H16FN3OS. The van der Waals surface area contributed by atoms with E-state index in [1.165, 1.54) is 22.6 Å². The average molecular weight is 305 g/mol. The summed E-state index contributed by atoms with van der Waals surface area (Å²) in [6.45, 7) is 2.73. The Hall–Kier alpha value is -2.08. The van der Waals surface area contributed by atoms with Crippen molar-refractivity contribution in [2.45, 2.75) is 19.4 Å². The molecule has 0 aliphatic carbocycles. The van der Waals surface area contributed by atoms with Crippen LogP contribution >= 0.6 is 11.3 Å². The summed E-state index contributed by atoms with van der Waals surface area (Å²) in [5.74, 6) is -1.07. The van der Waals surface area contributed by atoms with Gasteiger partial charge in [0.1, 0.15) is 5.82 Å². The zero-order valence-electron chi connectivity index (χ0n) is 11.6. The summed E-state index contributed by atoms with van der Waals surface area (Å²) < 4.78 is 14.3. The van der Waals surface area contributed by atoms with Gasteiger partial charge in [-0.05, 0) is 42.5 Å². The van der Waals surface area contributed by atoms with Gasteiger partial charge in [0.2, 0.25) is 0 Å². The molecule has 1 amide bonds. The van der Waals surface area contributed by atoms with Crippen LogP contribution in [-0.4, -0.2) is 12.5 Å². The second kappa shape index (κ2) is 5.04. The van der Waals surface area contributed by atoms with Crippen LogP contribution < -0.4 is 16.4 Å². The molecule has 1 unspecified atom stereocenters. The first-order valence-corrected chi connectivity index (χ1v) is 7.58. The molecule has 0 bridgehead atoms. The fourth-order valence-corrected chi connectivity index (χ4v) is 3.81. The lowest BCUT2D eigenvalue weighted by Gasteiger charge is -2.36. The van der Waals surface area contributed by atoms with Crippen molar-refractivity contribution in [1.29, 1.82) is 0 Å². The number of fused-ring (bicyclic) bond motifs is 1. The third kappa shape index (κ3) is 2.25. The number of hydrogen-bond donors (Lipinski definition) is 2. The molecule has 2 aromatic rings. The minimum Gasteiger partial charge on any atom is -0.398 e. The van der Waals surface area contributed by atoms with E-state index in [-0.39, 0.29) is 17.3 Å². The van der Waals surface area contributed by atoms with Crippen LogP contribution in [0.5, 0.6) is 0 Å². The maximum Gasteiger partial charge on any atom is 0.250 e. The zero-order valence-corrected chi connectivity index (χ0v) is 12.4. The lowest BCUT2D eigenvalue weighted by atomic mass is 9.99. The molecule has 1 atom stereocenters. The minimum atomic E-state index is -0.644. The van der Waals surface area contributed by atoms with E-state index in [9.17, 15) is 9.18 Å². The highest BCUT2D eigenvalue weighted by Crippen LogP contribution is 2.38. The summed E-state index contributed by atoms with van der Waals surface area (Å²) in [5, 5.41) is 2.05. The number of carbonyl (C=O) groups is 1. The van der Waals surface area contributed by atoms with Gasteiger partial charge in [0, 0.05) is 17.1 Å². The molecule has 0 fully saturated rings. The number of nitrogens with zero attached hydrogens (tertiary/aromatic N) is 1. The van der Waals surface area contributed by atoms with E-state index in [2.05, 4.69) is 11.4 Å². The maximum absolute atomic E-state index is 14.3. The van der Waals surface area contributed by atoms with E-state index in [0.717, 1.165) is 6.42 Å². The van der Waals surface area contributed by atoms with Gasteiger partial charge in [0.25, 0.3) is 5.91 Å². The van der Waals surface area contributed by atoms with E-state index in [1.807, 2.05) is 11.8 Å². The smallest absolute Gasteiger partial charge is 0.250 e. The molecule has 4 N–H and O–H groups in total. The number of thiophene rings is 1. The molecule has 1 aromatic heterocycles. The van der Waals surface area contributed by atoms with Gasteiger partial charge in [-0.25, -0.2) is 4.39 Å². The highest BCUT2D eigenvalue weighted by Gasteiger charge is 2.27. The first-order valence-electron chi connectivity index (χ1n) is 6.70. The SMILES string of the molecule is CC1c2ccsc2CCN1c1cc(C(N)=O)c(N)cc1F. The van der Waals surface area contributed by atoms with Crippen LogP contribution in [0.25, 0.3) is 0 Å². The molecule has 110 valence electrons. The van der Waals surface area contributed by atoms with Crippen molar-refractivity contribution in [2.75, 3.05) is 17.2 Å². The zero-order chi connectivity index (χ0) is 15.1. The van der Waals surface area contributed by atoms with Gasteiger partial charge in [-0.3, -0.25) is 4.79 Å². The maximum atomic E-state index is 14.3. The second-order valence-electron chi connectivity index (χ2n) is 5.17. The summed E-state index contributed by atoms with van der Waals surface area (Å²) in [6.07, 6.45) is 0.868. The molecule has 3 rings (SSSR count). The number of rotatable bonds is 2. The van der Waals surface area contributed by atoms with Gasteiger partial charge in [0.15, 0.2) is 0 Å². The Balaban J connectivity index is 2.05. The summed E-state index contributed by atoms with van der Waals surface area (Å²) in [5.41, 5.74) is 12.8. The number of primary amides is 1. The minimum absolute atomic E-state index is 0.0545. The van der Waals surface area contributed by atoms with Gasteiger partial charge in [-0.2, -0.15) is 0 Å². The Morgan fingerprint density at radius 1 is 1.48 bits per heavy atom. The van der Waals surface area contributed by atoms with Gasteiger partial charge in [0.05, 0.1) is 17.3 Å². The fraction of sp³-hybridized carbons (Fsp3) is 0.267. The second-order valence-corrected chi connectivity index (χ2v) is 6.17.